The molecule has 0 saturated carbocycles. The third-order valence-corrected chi connectivity index (χ3v) is 19.5. The Bertz CT molecular complexity index is 3950. The summed E-state index contributed by atoms with van der Waals surface area (Å²) in [6, 6.07) is 112. The molecule has 1 heterocycles. The maximum atomic E-state index is 2.45. The summed E-state index contributed by atoms with van der Waals surface area (Å²) in [6.07, 6.45) is 0. The Morgan fingerprint density at radius 3 is 1.41 bits per heavy atom. The quantitative estimate of drug-likeness (QED) is 0.0926. The van der Waals surface area contributed by atoms with Crippen LogP contribution >= 0.6 is 0 Å². The average molecular weight is 947 g/mol. The normalized spacial score (nSPS) is 11.6. The molecule has 0 radical (unpaired) electrons. The van der Waals surface area contributed by atoms with Gasteiger partial charge < -0.3 is 9.47 Å². The third kappa shape index (κ3) is 7.66. The minimum absolute atomic E-state index is 1.08. The summed E-state index contributed by atoms with van der Waals surface area (Å²) in [5.41, 5.74) is 13.9. The minimum atomic E-state index is -2.75. The molecule has 0 amide bonds. The predicted molar refractivity (Wildman–Crippen MR) is 313 cm³/mol. The SMILES string of the molecule is c1ccc(-c2ccccc2-n2c3ccccc3c3c(-c4cccc(N(c5ccc(-c6cccc7ccccc67)cc5)c5ccc([Si](c6ccccc6)(c6ccccc6)c6ccccc6)cc5)c4)cccc32)cc1. The van der Waals surface area contributed by atoms with E-state index >= 15 is 0 Å². The summed E-state index contributed by atoms with van der Waals surface area (Å²) < 4.78 is 2.45. The van der Waals surface area contributed by atoms with Crippen molar-refractivity contribution in [1.29, 1.82) is 0 Å². The Balaban J connectivity index is 0.985. The zero-order chi connectivity index (χ0) is 48.6. The highest BCUT2D eigenvalue weighted by molar-refractivity contribution is 7.19. The predicted octanol–water partition coefficient (Wildman–Crippen LogP) is 15.8. The zero-order valence-electron chi connectivity index (χ0n) is 40.3. The van der Waals surface area contributed by atoms with Gasteiger partial charge in [-0.3, -0.25) is 0 Å². The molecule has 0 bridgehead atoms. The average Bonchev–Trinajstić information content (AvgIpc) is 3.81. The van der Waals surface area contributed by atoms with E-state index in [2.05, 4.69) is 313 Å². The van der Waals surface area contributed by atoms with Gasteiger partial charge in [0.1, 0.15) is 0 Å². The van der Waals surface area contributed by atoms with Crippen LogP contribution in [0.2, 0.25) is 0 Å². The lowest BCUT2D eigenvalue weighted by atomic mass is 9.97. The number of aromatic nitrogens is 1. The Hall–Kier alpha value is -9.28. The van der Waals surface area contributed by atoms with Gasteiger partial charge in [-0.15, -0.1) is 0 Å². The van der Waals surface area contributed by atoms with E-state index in [0.717, 1.165) is 28.3 Å². The second kappa shape index (κ2) is 18.8. The molecule has 0 aliphatic rings. The summed E-state index contributed by atoms with van der Waals surface area (Å²) in [5.74, 6) is 0. The fourth-order valence-corrected chi connectivity index (χ4v) is 16.2. The molecule has 344 valence electrons. The van der Waals surface area contributed by atoms with E-state index in [-0.39, 0.29) is 0 Å². The first-order valence-corrected chi connectivity index (χ1v) is 27.2. The molecule has 0 N–H and O–H groups in total. The van der Waals surface area contributed by atoms with Crippen molar-refractivity contribution in [2.75, 3.05) is 4.90 Å². The molecule has 1 aromatic heterocycles. The fraction of sp³-hybridized carbons (Fsp3) is 0. The van der Waals surface area contributed by atoms with Gasteiger partial charge in [-0.2, -0.15) is 0 Å². The zero-order valence-corrected chi connectivity index (χ0v) is 41.3. The van der Waals surface area contributed by atoms with Gasteiger partial charge in [0.05, 0.1) is 16.7 Å². The number of hydrogen-bond donors (Lipinski definition) is 0. The van der Waals surface area contributed by atoms with Gasteiger partial charge in [-0.25, -0.2) is 0 Å². The molecule has 0 aliphatic heterocycles. The van der Waals surface area contributed by atoms with Crippen LogP contribution in [0.5, 0.6) is 0 Å². The number of nitrogens with zero attached hydrogens (tertiary/aromatic N) is 2. The van der Waals surface area contributed by atoms with Gasteiger partial charge in [0, 0.05) is 33.4 Å². The van der Waals surface area contributed by atoms with E-state index in [1.54, 1.807) is 0 Å². The van der Waals surface area contributed by atoms with Crippen LogP contribution in [0.3, 0.4) is 0 Å². The van der Waals surface area contributed by atoms with Crippen molar-refractivity contribution in [1.82, 2.24) is 4.57 Å². The van der Waals surface area contributed by atoms with Crippen LogP contribution < -0.4 is 25.6 Å². The molecule has 0 fully saturated rings. The van der Waals surface area contributed by atoms with Crippen LogP contribution in [0.4, 0.5) is 17.1 Å². The third-order valence-electron chi connectivity index (χ3n) is 14.7. The van der Waals surface area contributed by atoms with Crippen LogP contribution in [0.15, 0.2) is 303 Å². The highest BCUT2D eigenvalue weighted by atomic mass is 28.3. The number of fused-ring (bicyclic) bond motifs is 4. The molecule has 13 rings (SSSR count). The van der Waals surface area contributed by atoms with Crippen molar-refractivity contribution in [3.63, 3.8) is 0 Å². The molecule has 12 aromatic carbocycles. The first-order valence-electron chi connectivity index (χ1n) is 25.2. The molecule has 0 saturated heterocycles. The van der Waals surface area contributed by atoms with Gasteiger partial charge in [-0.05, 0) is 114 Å². The second-order valence-electron chi connectivity index (χ2n) is 18.8. The van der Waals surface area contributed by atoms with Crippen LogP contribution in [-0.4, -0.2) is 12.6 Å². The van der Waals surface area contributed by atoms with E-state index < -0.39 is 8.07 Å². The first-order chi connectivity index (χ1) is 36.2. The van der Waals surface area contributed by atoms with Crippen molar-refractivity contribution in [3.8, 4) is 39.1 Å². The lowest BCUT2D eigenvalue weighted by molar-refractivity contribution is 1.18. The summed E-state index contributed by atoms with van der Waals surface area (Å²) in [6.45, 7) is 0. The van der Waals surface area contributed by atoms with Gasteiger partial charge >= 0.3 is 0 Å². The second-order valence-corrected chi connectivity index (χ2v) is 22.6. The standard InChI is InChI=1S/C70H50N2Si/c1-5-22-52(23-6-1)64-35-15-17-39-67(64)72-68-40-18-16-36-66(68)70-65(38-21-41-69(70)72)54-26-19-27-57(50-54)71(55-44-42-53(43-45-55)63-37-20-25-51-24-13-14-34-62(51)63)56-46-48-61(49-47-56)73(58-28-7-2-8-29-58,59-30-9-3-10-31-59)60-32-11-4-12-33-60/h1-50H. The largest absolute Gasteiger partial charge is 0.310 e. The molecule has 13 aromatic rings. The molecular weight excluding hydrogens is 897 g/mol. The lowest BCUT2D eigenvalue weighted by Crippen LogP contribution is -2.74. The van der Waals surface area contributed by atoms with Crippen LogP contribution in [0, 0.1) is 0 Å². The minimum Gasteiger partial charge on any atom is -0.310 e. The first kappa shape index (κ1) is 43.7. The number of benzene rings is 12. The maximum absolute atomic E-state index is 2.75. The molecule has 2 nitrogen and oxygen atoms in total. The van der Waals surface area contributed by atoms with E-state index in [4.69, 9.17) is 0 Å². The topological polar surface area (TPSA) is 8.17 Å². The summed E-state index contributed by atoms with van der Waals surface area (Å²) >= 11 is 0. The van der Waals surface area contributed by atoms with Crippen molar-refractivity contribution in [3.05, 3.63) is 303 Å². The Morgan fingerprint density at radius 1 is 0.274 bits per heavy atom. The molecule has 0 spiro atoms. The highest BCUT2D eigenvalue weighted by Gasteiger charge is 2.41. The van der Waals surface area contributed by atoms with Crippen molar-refractivity contribution >= 4 is 78.5 Å². The van der Waals surface area contributed by atoms with E-state index in [1.165, 1.54) is 81.1 Å². The monoisotopic (exact) mass is 946 g/mol. The van der Waals surface area contributed by atoms with Gasteiger partial charge in [0.15, 0.2) is 8.07 Å². The summed E-state index contributed by atoms with van der Waals surface area (Å²) in [4.78, 5) is 2.43. The molecule has 0 atom stereocenters. The summed E-state index contributed by atoms with van der Waals surface area (Å²) in [7, 11) is -2.75. The van der Waals surface area contributed by atoms with Crippen molar-refractivity contribution in [2.24, 2.45) is 0 Å². The van der Waals surface area contributed by atoms with Gasteiger partial charge in [0.2, 0.25) is 0 Å². The van der Waals surface area contributed by atoms with E-state index in [0.29, 0.717) is 0 Å². The van der Waals surface area contributed by atoms with Crippen LogP contribution in [-0.2, 0) is 0 Å². The number of para-hydroxylation sites is 2. The molecule has 3 heteroatoms. The van der Waals surface area contributed by atoms with E-state index in [9.17, 15) is 0 Å². The fourth-order valence-electron chi connectivity index (χ4n) is 11.5. The molecule has 73 heavy (non-hydrogen) atoms. The lowest BCUT2D eigenvalue weighted by Gasteiger charge is -2.35. The molecule has 0 unspecified atom stereocenters. The van der Waals surface area contributed by atoms with Gasteiger partial charge in [-0.1, -0.05) is 249 Å². The smallest absolute Gasteiger partial charge is 0.179 e. The van der Waals surface area contributed by atoms with Crippen LogP contribution in [0.25, 0.3) is 71.6 Å². The number of anilines is 3. The molecular formula is C70H50N2Si. The summed E-state index contributed by atoms with van der Waals surface area (Å²) in [5, 5.41) is 10.3. The van der Waals surface area contributed by atoms with Gasteiger partial charge in [0.25, 0.3) is 0 Å². The Labute approximate surface area is 428 Å². The highest BCUT2D eigenvalue weighted by Crippen LogP contribution is 2.43. The maximum Gasteiger partial charge on any atom is 0.179 e. The number of hydrogen-bond acceptors (Lipinski definition) is 1. The van der Waals surface area contributed by atoms with E-state index in [1.807, 2.05) is 0 Å². The van der Waals surface area contributed by atoms with Crippen molar-refractivity contribution in [2.45, 2.75) is 0 Å². The number of rotatable bonds is 11. The van der Waals surface area contributed by atoms with Crippen LogP contribution in [0.1, 0.15) is 0 Å². The van der Waals surface area contributed by atoms with Crippen molar-refractivity contribution < 1.29 is 0 Å². The Kier molecular flexibility index (Phi) is 11.3. The Morgan fingerprint density at radius 2 is 0.726 bits per heavy atom. The molecule has 0 aliphatic carbocycles.